The van der Waals surface area contributed by atoms with Gasteiger partial charge in [0.05, 0.1) is 7.11 Å². The topological polar surface area (TPSA) is 50.8 Å². The van der Waals surface area contributed by atoms with Gasteiger partial charge in [-0.15, -0.1) is 0 Å². The van der Waals surface area contributed by atoms with Crippen molar-refractivity contribution in [1.82, 2.24) is 10.2 Å². The molecule has 1 amide bonds. The molecule has 0 unspecified atom stereocenters. The number of thiocarbonyl (C=S) groups is 1. The van der Waals surface area contributed by atoms with E-state index in [1.165, 1.54) is 4.90 Å². The number of nitrogens with one attached hydrogen (secondary N) is 1. The fourth-order valence-electron chi connectivity index (χ4n) is 2.45. The van der Waals surface area contributed by atoms with Crippen molar-refractivity contribution in [3.8, 4) is 11.5 Å². The molecule has 0 spiro atoms. The predicted octanol–water partition coefficient (Wildman–Crippen LogP) is 3.62. The van der Waals surface area contributed by atoms with E-state index in [4.69, 9.17) is 33.3 Å². The van der Waals surface area contributed by atoms with Crippen molar-refractivity contribution in [3.63, 3.8) is 0 Å². The Balaban J connectivity index is 1.79. The molecule has 3 rings (SSSR count). The molecule has 5 nitrogen and oxygen atoms in total. The van der Waals surface area contributed by atoms with Gasteiger partial charge in [-0.1, -0.05) is 35.9 Å². The van der Waals surface area contributed by atoms with E-state index in [1.807, 2.05) is 30.3 Å². The Bertz CT molecular complexity index is 898. The smallest absolute Gasteiger partial charge is 0.276 e. The molecule has 1 aliphatic rings. The van der Waals surface area contributed by atoms with Gasteiger partial charge in [0.1, 0.15) is 12.3 Å². The van der Waals surface area contributed by atoms with Crippen LogP contribution in [0.15, 0.2) is 48.2 Å². The summed E-state index contributed by atoms with van der Waals surface area (Å²) < 4.78 is 11.2. The van der Waals surface area contributed by atoms with Crippen LogP contribution in [-0.4, -0.2) is 30.1 Å². The zero-order chi connectivity index (χ0) is 18.7. The van der Waals surface area contributed by atoms with Gasteiger partial charge < -0.3 is 14.8 Å². The summed E-state index contributed by atoms with van der Waals surface area (Å²) in [5.41, 5.74) is 2.10. The lowest BCUT2D eigenvalue weighted by atomic mass is 10.1. The molecular weight excluding hydrogens is 372 g/mol. The van der Waals surface area contributed by atoms with E-state index >= 15 is 0 Å². The molecule has 1 saturated heterocycles. The van der Waals surface area contributed by atoms with Gasteiger partial charge >= 0.3 is 0 Å². The van der Waals surface area contributed by atoms with Gasteiger partial charge in [0.2, 0.25) is 0 Å². The van der Waals surface area contributed by atoms with Gasteiger partial charge in [-0.25, -0.2) is 0 Å². The van der Waals surface area contributed by atoms with E-state index in [-0.39, 0.29) is 5.91 Å². The van der Waals surface area contributed by atoms with E-state index in [1.54, 1.807) is 32.4 Å². The number of methoxy groups -OCH3 is 1. The SMILES string of the molecule is COc1cc(/C=C2/NC(=S)N(C)C2=O)ccc1OCc1ccccc1Cl. The molecule has 1 heterocycles. The summed E-state index contributed by atoms with van der Waals surface area (Å²) in [6.45, 7) is 0.329. The van der Waals surface area contributed by atoms with Gasteiger partial charge in [0, 0.05) is 17.6 Å². The van der Waals surface area contributed by atoms with E-state index in [0.29, 0.717) is 33.9 Å². The monoisotopic (exact) mass is 388 g/mol. The molecule has 134 valence electrons. The average molecular weight is 389 g/mol. The van der Waals surface area contributed by atoms with Crippen LogP contribution in [-0.2, 0) is 11.4 Å². The minimum absolute atomic E-state index is 0.173. The molecule has 0 bridgehead atoms. The Kier molecular flexibility index (Phi) is 5.44. The number of amides is 1. The molecule has 1 fully saturated rings. The second kappa shape index (κ2) is 7.76. The number of hydrogen-bond acceptors (Lipinski definition) is 4. The average Bonchev–Trinajstić information content (AvgIpc) is 2.88. The van der Waals surface area contributed by atoms with Gasteiger partial charge in [0.15, 0.2) is 16.6 Å². The third-order valence-corrected chi connectivity index (χ3v) is 4.67. The number of hydrogen-bond donors (Lipinski definition) is 1. The summed E-state index contributed by atoms with van der Waals surface area (Å²) in [6.07, 6.45) is 1.72. The standard InChI is InChI=1S/C19H17ClN2O3S/c1-22-18(23)15(21-19(22)26)9-12-7-8-16(17(10-12)24-2)25-11-13-5-3-4-6-14(13)20/h3-10H,11H2,1-2H3,(H,21,26)/b15-9+. The fraction of sp³-hybridized carbons (Fsp3) is 0.158. The van der Waals surface area contributed by atoms with Gasteiger partial charge in [-0.2, -0.15) is 0 Å². The van der Waals surface area contributed by atoms with E-state index < -0.39 is 0 Å². The van der Waals surface area contributed by atoms with Crippen molar-refractivity contribution in [2.75, 3.05) is 14.2 Å². The molecule has 1 aliphatic heterocycles. The molecule has 7 heteroatoms. The lowest BCUT2D eigenvalue weighted by molar-refractivity contribution is -0.121. The minimum atomic E-state index is -0.173. The summed E-state index contributed by atoms with van der Waals surface area (Å²) in [7, 11) is 3.20. The number of halogens is 1. The Morgan fingerprint density at radius 2 is 2.00 bits per heavy atom. The Labute approximate surface area is 162 Å². The lowest BCUT2D eigenvalue weighted by Gasteiger charge is -2.12. The van der Waals surface area contributed by atoms with Gasteiger partial charge in [-0.05, 0) is 42.1 Å². The predicted molar refractivity (Wildman–Crippen MR) is 105 cm³/mol. The van der Waals surface area contributed by atoms with Crippen LogP contribution in [0.2, 0.25) is 5.02 Å². The summed E-state index contributed by atoms with van der Waals surface area (Å²) in [4.78, 5) is 13.5. The van der Waals surface area contributed by atoms with Crippen LogP contribution in [0.5, 0.6) is 11.5 Å². The highest BCUT2D eigenvalue weighted by atomic mass is 35.5. The van der Waals surface area contributed by atoms with Crippen molar-refractivity contribution in [3.05, 3.63) is 64.3 Å². The normalized spacial score (nSPS) is 15.3. The number of benzene rings is 2. The van der Waals surface area contributed by atoms with Crippen LogP contribution in [0.1, 0.15) is 11.1 Å². The molecule has 2 aromatic carbocycles. The second-order valence-corrected chi connectivity index (χ2v) is 6.44. The fourth-order valence-corrected chi connectivity index (χ4v) is 2.84. The first kappa shape index (κ1) is 18.2. The number of carbonyl (C=O) groups excluding carboxylic acids is 1. The molecule has 0 aromatic heterocycles. The number of ether oxygens (including phenoxy) is 2. The van der Waals surface area contributed by atoms with Crippen molar-refractivity contribution < 1.29 is 14.3 Å². The first-order chi connectivity index (χ1) is 12.5. The molecule has 0 saturated carbocycles. The summed E-state index contributed by atoms with van der Waals surface area (Å²) in [5.74, 6) is 0.980. The number of rotatable bonds is 5. The van der Waals surface area contributed by atoms with Crippen LogP contribution in [0, 0.1) is 0 Å². The van der Waals surface area contributed by atoms with Gasteiger partial charge in [-0.3, -0.25) is 9.69 Å². The summed E-state index contributed by atoms with van der Waals surface area (Å²) in [6, 6.07) is 12.9. The zero-order valence-electron chi connectivity index (χ0n) is 14.3. The van der Waals surface area contributed by atoms with Crippen molar-refractivity contribution in [2.45, 2.75) is 6.61 Å². The number of carbonyl (C=O) groups is 1. The molecule has 1 N–H and O–H groups in total. The van der Waals surface area contributed by atoms with E-state index in [9.17, 15) is 4.79 Å². The largest absolute Gasteiger partial charge is 0.493 e. The quantitative estimate of drug-likeness (QED) is 0.626. The Hall–Kier alpha value is -2.57. The van der Waals surface area contributed by atoms with Crippen LogP contribution in [0.25, 0.3) is 6.08 Å². The maximum atomic E-state index is 12.1. The van der Waals surface area contributed by atoms with Crippen molar-refractivity contribution in [1.29, 1.82) is 0 Å². The molecular formula is C19H17ClN2O3S. The van der Waals surface area contributed by atoms with E-state index in [2.05, 4.69) is 5.32 Å². The zero-order valence-corrected chi connectivity index (χ0v) is 15.9. The Morgan fingerprint density at radius 3 is 2.65 bits per heavy atom. The first-order valence-electron chi connectivity index (χ1n) is 7.84. The van der Waals surface area contributed by atoms with E-state index in [0.717, 1.165) is 11.1 Å². The van der Waals surface area contributed by atoms with Crippen LogP contribution >= 0.6 is 23.8 Å². The third-order valence-electron chi connectivity index (χ3n) is 3.92. The highest BCUT2D eigenvalue weighted by Crippen LogP contribution is 2.30. The van der Waals surface area contributed by atoms with Crippen molar-refractivity contribution in [2.24, 2.45) is 0 Å². The molecule has 2 aromatic rings. The number of nitrogens with zero attached hydrogens (tertiary/aromatic N) is 1. The maximum absolute atomic E-state index is 12.1. The molecule has 26 heavy (non-hydrogen) atoms. The van der Waals surface area contributed by atoms with Crippen LogP contribution in [0.3, 0.4) is 0 Å². The van der Waals surface area contributed by atoms with Crippen molar-refractivity contribution >= 4 is 40.9 Å². The molecule has 0 aliphatic carbocycles. The highest BCUT2D eigenvalue weighted by molar-refractivity contribution is 7.80. The van der Waals surface area contributed by atoms with Crippen LogP contribution < -0.4 is 14.8 Å². The molecule has 0 radical (unpaired) electrons. The summed E-state index contributed by atoms with van der Waals surface area (Å²) in [5, 5.41) is 3.92. The maximum Gasteiger partial charge on any atom is 0.276 e. The highest BCUT2D eigenvalue weighted by Gasteiger charge is 2.26. The minimum Gasteiger partial charge on any atom is -0.493 e. The second-order valence-electron chi connectivity index (χ2n) is 5.64. The lowest BCUT2D eigenvalue weighted by Crippen LogP contribution is -2.25. The Morgan fingerprint density at radius 1 is 1.23 bits per heavy atom. The summed E-state index contributed by atoms with van der Waals surface area (Å²) >= 11 is 11.2. The first-order valence-corrected chi connectivity index (χ1v) is 8.63. The van der Waals surface area contributed by atoms with Gasteiger partial charge in [0.25, 0.3) is 5.91 Å². The number of likely N-dealkylation sites (N-methyl/N-ethyl adjacent to an activating group) is 1. The van der Waals surface area contributed by atoms with Crippen LogP contribution in [0.4, 0.5) is 0 Å². The molecule has 0 atom stereocenters. The third kappa shape index (κ3) is 3.81.